The topological polar surface area (TPSA) is 88.4 Å². The van der Waals surface area contributed by atoms with Crippen LogP contribution in [0.3, 0.4) is 0 Å². The fraction of sp³-hybridized carbons (Fsp3) is 0.250. The Balaban J connectivity index is 1.54. The highest BCUT2D eigenvalue weighted by molar-refractivity contribution is 7.89. The van der Waals surface area contributed by atoms with E-state index in [1.165, 1.54) is 15.2 Å². The number of sulfonamides is 1. The molecule has 0 unspecified atom stereocenters. The van der Waals surface area contributed by atoms with E-state index in [2.05, 4.69) is 10.1 Å². The molecule has 1 fully saturated rings. The molecule has 0 radical (unpaired) electrons. The zero-order valence-corrected chi connectivity index (χ0v) is 16.8. The Kier molecular flexibility index (Phi) is 5.16. The first-order valence-corrected chi connectivity index (χ1v) is 10.7. The van der Waals surface area contributed by atoms with Crippen LogP contribution in [0.5, 0.6) is 0 Å². The third kappa shape index (κ3) is 3.79. The highest BCUT2D eigenvalue weighted by atomic mass is 32.2. The summed E-state index contributed by atoms with van der Waals surface area (Å²) in [6.07, 6.45) is 4.73. The molecule has 29 heavy (non-hydrogen) atoms. The fourth-order valence-corrected chi connectivity index (χ4v) is 5.01. The van der Waals surface area contributed by atoms with Crippen molar-refractivity contribution >= 4 is 15.9 Å². The number of aryl methyl sites for hydroxylation is 1. The summed E-state index contributed by atoms with van der Waals surface area (Å²) in [5.74, 6) is -0.0819. The zero-order chi connectivity index (χ0) is 20.4. The molecule has 2 aromatic heterocycles. The molecule has 0 spiro atoms. The summed E-state index contributed by atoms with van der Waals surface area (Å²) in [5, 5.41) is 4.34. The minimum absolute atomic E-state index is 0.0819. The number of piperazine rings is 1. The largest absolute Gasteiger partial charge is 0.336 e. The van der Waals surface area contributed by atoms with Crippen LogP contribution < -0.4 is 0 Å². The second kappa shape index (κ2) is 7.76. The van der Waals surface area contributed by atoms with E-state index in [1.54, 1.807) is 48.6 Å². The smallest absolute Gasteiger partial charge is 0.253 e. The first-order chi connectivity index (χ1) is 14.0. The minimum Gasteiger partial charge on any atom is -0.336 e. The molecule has 4 rings (SSSR count). The van der Waals surface area contributed by atoms with Gasteiger partial charge < -0.3 is 4.90 Å². The summed E-state index contributed by atoms with van der Waals surface area (Å²) in [6, 6.07) is 12.5. The average Bonchev–Trinajstić information content (AvgIpc) is 3.17. The molecule has 0 atom stereocenters. The van der Waals surface area contributed by atoms with E-state index in [4.69, 9.17) is 0 Å². The Bertz CT molecular complexity index is 1110. The Morgan fingerprint density at radius 3 is 2.28 bits per heavy atom. The van der Waals surface area contributed by atoms with Crippen LogP contribution in [-0.2, 0) is 17.1 Å². The number of hydrogen-bond donors (Lipinski definition) is 0. The second-order valence-electron chi connectivity index (χ2n) is 6.81. The number of hydrogen-bond acceptors (Lipinski definition) is 5. The maximum atomic E-state index is 13.3. The predicted molar refractivity (Wildman–Crippen MR) is 108 cm³/mol. The molecule has 0 bridgehead atoms. The van der Waals surface area contributed by atoms with E-state index in [0.717, 1.165) is 0 Å². The van der Waals surface area contributed by atoms with Crippen molar-refractivity contribution in [2.75, 3.05) is 26.2 Å². The van der Waals surface area contributed by atoms with Gasteiger partial charge in [0.15, 0.2) is 0 Å². The van der Waals surface area contributed by atoms with E-state index >= 15 is 0 Å². The maximum absolute atomic E-state index is 13.3. The van der Waals surface area contributed by atoms with Crippen LogP contribution >= 0.6 is 0 Å². The van der Waals surface area contributed by atoms with E-state index in [9.17, 15) is 13.2 Å². The molecule has 150 valence electrons. The highest BCUT2D eigenvalue weighted by Crippen LogP contribution is 2.28. The average molecular weight is 411 g/mol. The molecule has 8 nitrogen and oxygen atoms in total. The van der Waals surface area contributed by atoms with Crippen LogP contribution in [0.15, 0.2) is 66.0 Å². The number of pyridine rings is 1. The molecule has 1 aliphatic heterocycles. The number of aromatic nitrogens is 3. The van der Waals surface area contributed by atoms with Gasteiger partial charge in [-0.25, -0.2) is 8.42 Å². The van der Waals surface area contributed by atoms with Crippen LogP contribution in [0.4, 0.5) is 0 Å². The van der Waals surface area contributed by atoms with Crippen molar-refractivity contribution in [1.82, 2.24) is 24.0 Å². The van der Waals surface area contributed by atoms with Gasteiger partial charge in [0.25, 0.3) is 5.91 Å². The molecule has 1 aliphatic rings. The van der Waals surface area contributed by atoms with Crippen molar-refractivity contribution in [2.24, 2.45) is 7.05 Å². The van der Waals surface area contributed by atoms with E-state index in [-0.39, 0.29) is 23.9 Å². The molecule has 0 aliphatic carbocycles. The molecular formula is C20H21N5O3S. The van der Waals surface area contributed by atoms with Gasteiger partial charge in [-0.2, -0.15) is 9.40 Å². The molecule has 3 heterocycles. The number of carbonyl (C=O) groups is 1. The summed E-state index contributed by atoms with van der Waals surface area (Å²) < 4.78 is 29.5. The summed E-state index contributed by atoms with van der Waals surface area (Å²) in [7, 11) is -2.05. The van der Waals surface area contributed by atoms with Crippen LogP contribution in [-0.4, -0.2) is 64.5 Å². The quantitative estimate of drug-likeness (QED) is 0.651. The highest BCUT2D eigenvalue weighted by Gasteiger charge is 2.33. The third-order valence-electron chi connectivity index (χ3n) is 4.91. The monoisotopic (exact) mass is 411 g/mol. The lowest BCUT2D eigenvalue weighted by Gasteiger charge is -2.34. The summed E-state index contributed by atoms with van der Waals surface area (Å²) in [4.78, 5) is 18.4. The van der Waals surface area contributed by atoms with Gasteiger partial charge in [0.2, 0.25) is 10.0 Å². The number of nitrogens with zero attached hydrogens (tertiary/aromatic N) is 5. The van der Waals surface area contributed by atoms with E-state index in [1.807, 2.05) is 18.2 Å². The molecule has 3 aromatic rings. The van der Waals surface area contributed by atoms with Gasteiger partial charge in [-0.05, 0) is 24.3 Å². The Morgan fingerprint density at radius 1 is 0.966 bits per heavy atom. The first kappa shape index (κ1) is 19.3. The SMILES string of the molecule is Cn1cc(S(=O)(=O)N2CCN(C(=O)c3ccccc3)CC2)c(-c2ccncc2)n1. The summed E-state index contributed by atoms with van der Waals surface area (Å²) in [6.45, 7) is 1.17. The standard InChI is InChI=1S/C20H21N5O3S/c1-23-15-18(19(22-23)16-7-9-21-10-8-16)29(27,28)25-13-11-24(12-14-25)20(26)17-5-3-2-4-6-17/h2-10,15H,11-14H2,1H3. The predicted octanol–water partition coefficient (Wildman–Crippen LogP) is 1.63. The summed E-state index contributed by atoms with van der Waals surface area (Å²) in [5.41, 5.74) is 1.70. The zero-order valence-electron chi connectivity index (χ0n) is 16.0. The Labute approximate surface area is 169 Å². The molecule has 1 aromatic carbocycles. The van der Waals surface area contributed by atoms with Gasteiger partial charge in [-0.15, -0.1) is 0 Å². The lowest BCUT2D eigenvalue weighted by molar-refractivity contribution is 0.0698. The first-order valence-electron chi connectivity index (χ1n) is 9.25. The van der Waals surface area contributed by atoms with E-state index in [0.29, 0.717) is 29.9 Å². The van der Waals surface area contributed by atoms with Gasteiger partial charge in [0.05, 0.1) is 0 Å². The second-order valence-corrected chi connectivity index (χ2v) is 8.72. The van der Waals surface area contributed by atoms with Gasteiger partial charge in [-0.1, -0.05) is 18.2 Å². The van der Waals surface area contributed by atoms with Crippen molar-refractivity contribution < 1.29 is 13.2 Å². The van der Waals surface area contributed by atoms with Gasteiger partial charge in [0.1, 0.15) is 10.6 Å². The molecule has 1 amide bonds. The molecule has 9 heteroatoms. The number of benzene rings is 1. The lowest BCUT2D eigenvalue weighted by Crippen LogP contribution is -2.50. The number of rotatable bonds is 4. The van der Waals surface area contributed by atoms with Crippen LogP contribution in [0.2, 0.25) is 0 Å². The summed E-state index contributed by atoms with van der Waals surface area (Å²) >= 11 is 0. The van der Waals surface area contributed by atoms with Crippen LogP contribution in [0.25, 0.3) is 11.3 Å². The number of carbonyl (C=O) groups excluding carboxylic acids is 1. The van der Waals surface area contributed by atoms with Gasteiger partial charge in [0, 0.05) is 62.9 Å². The molecule has 1 saturated heterocycles. The van der Waals surface area contributed by atoms with Crippen molar-refractivity contribution in [3.63, 3.8) is 0 Å². The normalized spacial score (nSPS) is 15.4. The maximum Gasteiger partial charge on any atom is 0.253 e. The van der Waals surface area contributed by atoms with Crippen molar-refractivity contribution in [3.8, 4) is 11.3 Å². The Hall–Kier alpha value is -3.04. The molecule has 0 N–H and O–H groups in total. The van der Waals surface area contributed by atoms with Crippen molar-refractivity contribution in [2.45, 2.75) is 4.90 Å². The minimum atomic E-state index is -3.74. The fourth-order valence-electron chi connectivity index (χ4n) is 3.40. The number of amides is 1. The third-order valence-corrected chi connectivity index (χ3v) is 6.81. The van der Waals surface area contributed by atoms with E-state index < -0.39 is 10.0 Å². The van der Waals surface area contributed by atoms with Crippen LogP contribution in [0.1, 0.15) is 10.4 Å². The van der Waals surface area contributed by atoms with Crippen molar-refractivity contribution in [1.29, 1.82) is 0 Å². The Morgan fingerprint density at radius 2 is 1.62 bits per heavy atom. The molecular weight excluding hydrogens is 390 g/mol. The molecule has 0 saturated carbocycles. The van der Waals surface area contributed by atoms with Crippen LogP contribution in [0, 0.1) is 0 Å². The lowest BCUT2D eigenvalue weighted by atomic mass is 10.2. The van der Waals surface area contributed by atoms with Crippen molar-refractivity contribution in [3.05, 3.63) is 66.6 Å². The van der Waals surface area contributed by atoms with Gasteiger partial charge in [-0.3, -0.25) is 14.5 Å². The van der Waals surface area contributed by atoms with Gasteiger partial charge >= 0.3 is 0 Å².